The number of methoxy groups -OCH3 is 1. The topological polar surface area (TPSA) is 101 Å². The first kappa shape index (κ1) is 20.6. The molecular formula is C15H20N4O4S3. The summed E-state index contributed by atoms with van der Waals surface area (Å²) in [5, 5.41) is 10.8. The SMILES string of the molecule is COCCSc1nnc(NC(=O)CN(c2cccc(C)c2)S(C)(=O)=O)s1. The first-order chi connectivity index (χ1) is 12.3. The largest absolute Gasteiger partial charge is 0.384 e. The monoisotopic (exact) mass is 416 g/mol. The lowest BCUT2D eigenvalue weighted by Crippen LogP contribution is -2.37. The van der Waals surface area contributed by atoms with Gasteiger partial charge in [-0.2, -0.15) is 0 Å². The van der Waals surface area contributed by atoms with Gasteiger partial charge in [-0.3, -0.25) is 14.4 Å². The predicted octanol–water partition coefficient (Wildman–Crippen LogP) is 1.99. The van der Waals surface area contributed by atoms with Gasteiger partial charge in [-0.1, -0.05) is 35.2 Å². The molecule has 0 fully saturated rings. The number of hydrogen-bond acceptors (Lipinski definition) is 8. The Morgan fingerprint density at radius 1 is 1.38 bits per heavy atom. The second-order valence-electron chi connectivity index (χ2n) is 5.37. The first-order valence-corrected chi connectivity index (χ1v) is 11.2. The Kier molecular flexibility index (Phi) is 7.38. The van der Waals surface area contributed by atoms with E-state index in [9.17, 15) is 13.2 Å². The van der Waals surface area contributed by atoms with Crippen LogP contribution in [0, 0.1) is 6.92 Å². The number of thioether (sulfide) groups is 1. The van der Waals surface area contributed by atoms with Gasteiger partial charge in [-0.15, -0.1) is 10.2 Å². The van der Waals surface area contributed by atoms with E-state index in [1.54, 1.807) is 25.3 Å². The van der Waals surface area contributed by atoms with Gasteiger partial charge < -0.3 is 4.74 Å². The van der Waals surface area contributed by atoms with E-state index >= 15 is 0 Å². The van der Waals surface area contributed by atoms with E-state index in [2.05, 4.69) is 15.5 Å². The van der Waals surface area contributed by atoms with E-state index in [1.165, 1.54) is 23.1 Å². The molecule has 142 valence electrons. The minimum absolute atomic E-state index is 0.326. The van der Waals surface area contributed by atoms with Crippen molar-refractivity contribution in [3.05, 3.63) is 29.8 Å². The zero-order valence-corrected chi connectivity index (χ0v) is 17.1. The maximum Gasteiger partial charge on any atom is 0.246 e. The smallest absolute Gasteiger partial charge is 0.246 e. The molecule has 1 aromatic carbocycles. The molecule has 11 heteroatoms. The van der Waals surface area contributed by atoms with Crippen LogP contribution in [0.4, 0.5) is 10.8 Å². The molecule has 8 nitrogen and oxygen atoms in total. The van der Waals surface area contributed by atoms with Crippen LogP contribution in [0.3, 0.4) is 0 Å². The summed E-state index contributed by atoms with van der Waals surface area (Å²) in [6, 6.07) is 6.96. The maximum atomic E-state index is 12.3. The summed E-state index contributed by atoms with van der Waals surface area (Å²) >= 11 is 2.70. The van der Waals surface area contributed by atoms with Gasteiger partial charge in [-0.05, 0) is 24.6 Å². The Labute approximate surface area is 161 Å². The Morgan fingerprint density at radius 3 is 2.81 bits per heavy atom. The molecule has 0 bridgehead atoms. The summed E-state index contributed by atoms with van der Waals surface area (Å²) in [7, 11) is -1.99. The fourth-order valence-electron chi connectivity index (χ4n) is 2.00. The molecule has 2 aromatic rings. The Bertz CT molecular complexity index is 854. The number of aryl methyl sites for hydroxylation is 1. The molecule has 1 heterocycles. The molecule has 0 aliphatic carbocycles. The number of carbonyl (C=O) groups is 1. The number of sulfonamides is 1. The second-order valence-corrected chi connectivity index (χ2v) is 9.60. The number of ether oxygens (including phenoxy) is 1. The summed E-state index contributed by atoms with van der Waals surface area (Å²) in [5.41, 5.74) is 1.34. The van der Waals surface area contributed by atoms with Gasteiger partial charge in [-0.25, -0.2) is 8.42 Å². The van der Waals surface area contributed by atoms with Crippen molar-refractivity contribution in [2.24, 2.45) is 0 Å². The Balaban J connectivity index is 2.04. The highest BCUT2D eigenvalue weighted by Crippen LogP contribution is 2.25. The summed E-state index contributed by atoms with van der Waals surface area (Å²) in [4.78, 5) is 12.3. The average Bonchev–Trinajstić information content (AvgIpc) is 2.99. The van der Waals surface area contributed by atoms with Crippen molar-refractivity contribution in [3.63, 3.8) is 0 Å². The molecule has 26 heavy (non-hydrogen) atoms. The number of nitrogens with one attached hydrogen (secondary N) is 1. The number of benzene rings is 1. The number of amides is 1. The van der Waals surface area contributed by atoms with Crippen molar-refractivity contribution in [2.45, 2.75) is 11.3 Å². The van der Waals surface area contributed by atoms with Crippen LogP contribution in [-0.2, 0) is 19.6 Å². The highest BCUT2D eigenvalue weighted by Gasteiger charge is 2.21. The van der Waals surface area contributed by atoms with Gasteiger partial charge in [0.15, 0.2) is 4.34 Å². The third-order valence-corrected chi connectivity index (χ3v) is 6.22. The van der Waals surface area contributed by atoms with Crippen molar-refractivity contribution in [1.29, 1.82) is 0 Å². The summed E-state index contributed by atoms with van der Waals surface area (Å²) < 4.78 is 30.9. The van der Waals surface area contributed by atoms with Gasteiger partial charge in [0.2, 0.25) is 21.1 Å². The van der Waals surface area contributed by atoms with Crippen LogP contribution in [-0.4, -0.2) is 56.8 Å². The predicted molar refractivity (Wildman–Crippen MR) is 105 cm³/mol. The fourth-order valence-corrected chi connectivity index (χ4v) is 4.59. The number of rotatable bonds is 9. The lowest BCUT2D eigenvalue weighted by atomic mass is 10.2. The summed E-state index contributed by atoms with van der Waals surface area (Å²) in [6.45, 7) is 2.10. The molecule has 1 N–H and O–H groups in total. The van der Waals surface area contributed by atoms with Crippen LogP contribution < -0.4 is 9.62 Å². The van der Waals surface area contributed by atoms with E-state index in [1.807, 2.05) is 13.0 Å². The van der Waals surface area contributed by atoms with E-state index in [4.69, 9.17) is 4.74 Å². The summed E-state index contributed by atoms with van der Waals surface area (Å²) in [5.74, 6) is 0.246. The van der Waals surface area contributed by atoms with Crippen molar-refractivity contribution >= 4 is 49.8 Å². The van der Waals surface area contributed by atoms with Crippen LogP contribution >= 0.6 is 23.1 Å². The highest BCUT2D eigenvalue weighted by molar-refractivity contribution is 8.01. The van der Waals surface area contributed by atoms with Crippen LogP contribution in [0.15, 0.2) is 28.6 Å². The zero-order chi connectivity index (χ0) is 19.2. The number of anilines is 2. The second kappa shape index (κ2) is 9.31. The number of nitrogens with zero attached hydrogens (tertiary/aromatic N) is 3. The van der Waals surface area contributed by atoms with Gasteiger partial charge in [0.05, 0.1) is 18.6 Å². The molecule has 0 radical (unpaired) electrons. The van der Waals surface area contributed by atoms with E-state index in [0.29, 0.717) is 21.8 Å². The van der Waals surface area contributed by atoms with Crippen LogP contribution in [0.2, 0.25) is 0 Å². The molecule has 0 aliphatic heterocycles. The average molecular weight is 417 g/mol. The van der Waals surface area contributed by atoms with Gasteiger partial charge in [0.25, 0.3) is 0 Å². The molecule has 0 saturated heterocycles. The van der Waals surface area contributed by atoms with Crippen molar-refractivity contribution in [1.82, 2.24) is 10.2 Å². The lowest BCUT2D eigenvalue weighted by Gasteiger charge is -2.21. The van der Waals surface area contributed by atoms with Crippen molar-refractivity contribution in [2.75, 3.05) is 41.9 Å². The Morgan fingerprint density at radius 2 is 2.15 bits per heavy atom. The van der Waals surface area contributed by atoms with Gasteiger partial charge in [0.1, 0.15) is 6.54 Å². The third kappa shape index (κ3) is 6.24. The third-order valence-electron chi connectivity index (χ3n) is 3.14. The van der Waals surface area contributed by atoms with Crippen molar-refractivity contribution in [3.8, 4) is 0 Å². The fraction of sp³-hybridized carbons (Fsp3) is 0.400. The van der Waals surface area contributed by atoms with Crippen LogP contribution in [0.1, 0.15) is 5.56 Å². The minimum Gasteiger partial charge on any atom is -0.384 e. The molecule has 0 aliphatic rings. The molecular weight excluding hydrogens is 396 g/mol. The number of hydrogen-bond donors (Lipinski definition) is 1. The molecule has 1 amide bonds. The van der Waals surface area contributed by atoms with Gasteiger partial charge in [0, 0.05) is 12.9 Å². The minimum atomic E-state index is -3.61. The molecule has 0 spiro atoms. The molecule has 1 aromatic heterocycles. The maximum absolute atomic E-state index is 12.3. The van der Waals surface area contributed by atoms with Crippen LogP contribution in [0.25, 0.3) is 0 Å². The number of aromatic nitrogens is 2. The normalized spacial score (nSPS) is 11.3. The lowest BCUT2D eigenvalue weighted by molar-refractivity contribution is -0.114. The zero-order valence-electron chi connectivity index (χ0n) is 14.6. The first-order valence-electron chi connectivity index (χ1n) is 7.59. The highest BCUT2D eigenvalue weighted by atomic mass is 32.2. The molecule has 0 saturated carbocycles. The molecule has 2 rings (SSSR count). The van der Waals surface area contributed by atoms with E-state index < -0.39 is 15.9 Å². The number of carbonyl (C=O) groups excluding carboxylic acids is 1. The van der Waals surface area contributed by atoms with E-state index in [0.717, 1.165) is 21.9 Å². The quantitative estimate of drug-likeness (QED) is 0.379. The molecule has 0 atom stereocenters. The molecule has 0 unspecified atom stereocenters. The Hall–Kier alpha value is -1.69. The van der Waals surface area contributed by atoms with Crippen LogP contribution in [0.5, 0.6) is 0 Å². The van der Waals surface area contributed by atoms with Crippen molar-refractivity contribution < 1.29 is 17.9 Å². The van der Waals surface area contributed by atoms with E-state index in [-0.39, 0.29) is 6.54 Å². The standard InChI is InChI=1S/C15H20N4O4S3/c1-11-5-4-6-12(9-11)19(26(3,21)22)10-13(20)16-14-17-18-15(25-14)24-8-7-23-2/h4-6,9H,7-8,10H2,1-3H3,(H,16,17,20). The van der Waals surface area contributed by atoms with Gasteiger partial charge >= 0.3 is 0 Å². The summed E-state index contributed by atoms with van der Waals surface area (Å²) in [6.07, 6.45) is 1.07.